The summed E-state index contributed by atoms with van der Waals surface area (Å²) in [6.07, 6.45) is 1.12. The van der Waals surface area contributed by atoms with E-state index in [0.29, 0.717) is 18.4 Å². The lowest BCUT2D eigenvalue weighted by atomic mass is 10.0. The van der Waals surface area contributed by atoms with Crippen LogP contribution in [0.5, 0.6) is 0 Å². The maximum atomic E-state index is 10.7. The van der Waals surface area contributed by atoms with Crippen LogP contribution in [0.1, 0.15) is 12.8 Å². The average Bonchev–Trinajstić information content (AvgIpc) is 2.79. The molecular weight excluding hydrogens is 158 g/mol. The van der Waals surface area contributed by atoms with Gasteiger partial charge in [0.25, 0.3) is 0 Å². The van der Waals surface area contributed by atoms with E-state index in [1.54, 1.807) is 0 Å². The second-order valence-corrected chi connectivity index (χ2v) is 3.76. The van der Waals surface area contributed by atoms with Gasteiger partial charge < -0.3 is 15.1 Å². The highest BCUT2D eigenvalue weighted by atomic mass is 16.4. The molecule has 1 aliphatic carbocycles. The fraction of sp³-hybridized carbons (Fsp3) is 0.875. The number of aliphatic hydroxyl groups is 1. The van der Waals surface area contributed by atoms with E-state index in [2.05, 4.69) is 0 Å². The van der Waals surface area contributed by atoms with Gasteiger partial charge in [0, 0.05) is 6.54 Å². The largest absolute Gasteiger partial charge is 0.465 e. The van der Waals surface area contributed by atoms with Gasteiger partial charge in [-0.05, 0) is 24.7 Å². The summed E-state index contributed by atoms with van der Waals surface area (Å²) >= 11 is 0. The number of hydrogen-bond donors (Lipinski definition) is 2. The molecule has 0 spiro atoms. The van der Waals surface area contributed by atoms with Crippen molar-refractivity contribution in [3.8, 4) is 0 Å². The Kier molecular flexibility index (Phi) is 1.72. The zero-order valence-corrected chi connectivity index (χ0v) is 6.81. The summed E-state index contributed by atoms with van der Waals surface area (Å²) in [6.45, 7) is 0.598. The molecule has 4 nitrogen and oxygen atoms in total. The van der Waals surface area contributed by atoms with Gasteiger partial charge >= 0.3 is 6.09 Å². The minimum atomic E-state index is -0.889. The Bertz CT molecular complexity index is 206. The van der Waals surface area contributed by atoms with Crippen molar-refractivity contribution in [1.82, 2.24) is 4.90 Å². The van der Waals surface area contributed by atoms with Crippen LogP contribution in [0.4, 0.5) is 4.79 Å². The maximum absolute atomic E-state index is 10.7. The molecule has 2 unspecified atom stereocenters. The van der Waals surface area contributed by atoms with Crippen LogP contribution in [0.15, 0.2) is 0 Å². The molecule has 3 atom stereocenters. The van der Waals surface area contributed by atoms with Gasteiger partial charge in [-0.3, -0.25) is 0 Å². The van der Waals surface area contributed by atoms with Crippen molar-refractivity contribution < 1.29 is 15.0 Å². The first-order valence-electron chi connectivity index (χ1n) is 4.32. The number of fused-ring (bicyclic) bond motifs is 1. The number of aliphatic hydroxyl groups excluding tert-OH is 1. The molecule has 1 amide bonds. The van der Waals surface area contributed by atoms with Crippen molar-refractivity contribution in [2.45, 2.75) is 18.9 Å². The molecule has 0 aromatic heterocycles. The van der Waals surface area contributed by atoms with E-state index in [-0.39, 0.29) is 12.6 Å². The molecule has 1 saturated carbocycles. The Balaban J connectivity index is 2.03. The van der Waals surface area contributed by atoms with E-state index in [1.165, 1.54) is 4.90 Å². The van der Waals surface area contributed by atoms with Crippen LogP contribution in [0.25, 0.3) is 0 Å². The Hall–Kier alpha value is -0.770. The van der Waals surface area contributed by atoms with E-state index >= 15 is 0 Å². The summed E-state index contributed by atoms with van der Waals surface area (Å²) in [5, 5.41) is 17.7. The maximum Gasteiger partial charge on any atom is 0.407 e. The van der Waals surface area contributed by atoms with E-state index in [1.807, 2.05) is 0 Å². The smallest absolute Gasteiger partial charge is 0.407 e. The van der Waals surface area contributed by atoms with Gasteiger partial charge in [-0.2, -0.15) is 0 Å². The lowest BCUT2D eigenvalue weighted by Gasteiger charge is -2.31. The molecule has 4 heteroatoms. The van der Waals surface area contributed by atoms with Crippen LogP contribution < -0.4 is 0 Å². The summed E-state index contributed by atoms with van der Waals surface area (Å²) in [5.74, 6) is 1.28. The van der Waals surface area contributed by atoms with Gasteiger partial charge in [-0.1, -0.05) is 0 Å². The molecule has 1 saturated heterocycles. The summed E-state index contributed by atoms with van der Waals surface area (Å²) in [7, 11) is 0. The van der Waals surface area contributed by atoms with Crippen molar-refractivity contribution >= 4 is 6.09 Å². The molecule has 12 heavy (non-hydrogen) atoms. The van der Waals surface area contributed by atoms with Crippen molar-refractivity contribution in [3.05, 3.63) is 0 Å². The minimum absolute atomic E-state index is 0.0322. The molecule has 0 radical (unpaired) electrons. The molecular formula is C8H13NO3. The number of carboxylic acid groups (broad SMARTS) is 1. The van der Waals surface area contributed by atoms with E-state index in [4.69, 9.17) is 10.2 Å². The molecule has 1 heterocycles. The number of likely N-dealkylation sites (tertiary alicyclic amines) is 1. The van der Waals surface area contributed by atoms with E-state index < -0.39 is 6.09 Å². The summed E-state index contributed by atoms with van der Waals surface area (Å²) < 4.78 is 0. The summed E-state index contributed by atoms with van der Waals surface area (Å²) in [4.78, 5) is 12.1. The molecule has 1 aliphatic heterocycles. The third kappa shape index (κ3) is 1.16. The third-order valence-corrected chi connectivity index (χ3v) is 2.97. The Morgan fingerprint density at radius 3 is 2.75 bits per heavy atom. The molecule has 0 aromatic carbocycles. The Morgan fingerprint density at radius 1 is 1.42 bits per heavy atom. The number of nitrogens with zero attached hydrogens (tertiary/aromatic N) is 1. The normalized spacial score (nSPS) is 39.1. The van der Waals surface area contributed by atoms with Crippen LogP contribution in [-0.2, 0) is 0 Å². The zero-order valence-electron chi connectivity index (χ0n) is 6.81. The topological polar surface area (TPSA) is 60.8 Å². The number of carbonyl (C=O) groups is 1. The van der Waals surface area contributed by atoms with Gasteiger partial charge in [-0.15, -0.1) is 0 Å². The highest BCUT2D eigenvalue weighted by Gasteiger charge is 2.46. The zero-order chi connectivity index (χ0) is 8.72. The van der Waals surface area contributed by atoms with Crippen LogP contribution in [0.2, 0.25) is 0 Å². The van der Waals surface area contributed by atoms with Gasteiger partial charge in [0.2, 0.25) is 0 Å². The number of piperidine rings is 1. The van der Waals surface area contributed by atoms with Crippen molar-refractivity contribution in [2.75, 3.05) is 13.2 Å². The first-order chi connectivity index (χ1) is 5.72. The Morgan fingerprint density at radius 2 is 2.17 bits per heavy atom. The summed E-state index contributed by atoms with van der Waals surface area (Å²) in [6, 6.07) is -0.147. The monoisotopic (exact) mass is 171 g/mol. The van der Waals surface area contributed by atoms with Gasteiger partial charge in [-0.25, -0.2) is 4.79 Å². The fourth-order valence-corrected chi connectivity index (χ4v) is 2.11. The molecule has 2 fully saturated rings. The van der Waals surface area contributed by atoms with Crippen molar-refractivity contribution in [2.24, 2.45) is 11.8 Å². The predicted octanol–water partition coefficient (Wildman–Crippen LogP) is 0.367. The lowest BCUT2D eigenvalue weighted by Crippen LogP contribution is -2.45. The minimum Gasteiger partial charge on any atom is -0.465 e. The van der Waals surface area contributed by atoms with Gasteiger partial charge in [0.05, 0.1) is 12.6 Å². The fourth-order valence-electron chi connectivity index (χ4n) is 2.11. The van der Waals surface area contributed by atoms with Crippen LogP contribution in [0, 0.1) is 11.8 Å². The van der Waals surface area contributed by atoms with Crippen LogP contribution in [0.3, 0.4) is 0 Å². The third-order valence-electron chi connectivity index (χ3n) is 2.97. The lowest BCUT2D eigenvalue weighted by molar-refractivity contribution is 0.0747. The van der Waals surface area contributed by atoms with Gasteiger partial charge in [0.1, 0.15) is 0 Å². The first-order valence-corrected chi connectivity index (χ1v) is 4.32. The van der Waals surface area contributed by atoms with Crippen molar-refractivity contribution in [1.29, 1.82) is 0 Å². The van der Waals surface area contributed by atoms with Gasteiger partial charge in [0.15, 0.2) is 0 Å². The quantitative estimate of drug-likeness (QED) is 0.599. The first kappa shape index (κ1) is 7.86. The molecule has 2 aliphatic rings. The Labute approximate surface area is 70.8 Å². The van der Waals surface area contributed by atoms with Crippen LogP contribution in [-0.4, -0.2) is 40.4 Å². The second kappa shape index (κ2) is 2.62. The van der Waals surface area contributed by atoms with E-state index in [0.717, 1.165) is 12.8 Å². The SMILES string of the molecule is O=C(O)N1CC2C[C@@H]2CC1CO. The molecule has 0 bridgehead atoms. The number of amides is 1. The molecule has 0 aromatic rings. The van der Waals surface area contributed by atoms with Crippen molar-refractivity contribution in [3.63, 3.8) is 0 Å². The predicted molar refractivity (Wildman–Crippen MR) is 41.8 cm³/mol. The summed E-state index contributed by atoms with van der Waals surface area (Å²) in [5.41, 5.74) is 0. The highest BCUT2D eigenvalue weighted by molar-refractivity contribution is 5.65. The standard InChI is InChI=1S/C8H13NO3/c10-4-7-2-5-1-6(5)3-9(7)8(11)12/h5-7,10H,1-4H2,(H,11,12)/t5-,6?,7?/m1/s1. The van der Waals surface area contributed by atoms with Crippen LogP contribution >= 0.6 is 0 Å². The average molecular weight is 171 g/mol. The molecule has 68 valence electrons. The number of rotatable bonds is 1. The second-order valence-electron chi connectivity index (χ2n) is 3.76. The molecule has 2 N–H and O–H groups in total. The van der Waals surface area contributed by atoms with E-state index in [9.17, 15) is 4.79 Å². The molecule has 2 rings (SSSR count). The number of hydrogen-bond acceptors (Lipinski definition) is 2. The highest BCUT2D eigenvalue weighted by Crippen LogP contribution is 2.46.